The predicted octanol–water partition coefficient (Wildman–Crippen LogP) is 1.65. The molecule has 0 aromatic heterocycles. The summed E-state index contributed by atoms with van der Waals surface area (Å²) in [6.45, 7) is 1.01. The molecule has 2 N–H and O–H groups in total. The molecule has 4 nitrogen and oxygen atoms in total. The Morgan fingerprint density at radius 3 is 2.81 bits per heavy atom. The van der Waals surface area contributed by atoms with Gasteiger partial charge in [0.1, 0.15) is 6.04 Å². The molecule has 0 aliphatic rings. The van der Waals surface area contributed by atoms with Crippen LogP contribution in [0.5, 0.6) is 0 Å². The van der Waals surface area contributed by atoms with Crippen LogP contribution < -0.4 is 5.32 Å². The van der Waals surface area contributed by atoms with Crippen LogP contribution in [0, 0.1) is 3.57 Å². The molecule has 0 heterocycles. The van der Waals surface area contributed by atoms with Crippen molar-refractivity contribution in [3.05, 3.63) is 33.4 Å². The molecule has 0 spiro atoms. The highest BCUT2D eigenvalue weighted by Crippen LogP contribution is 2.19. The van der Waals surface area contributed by atoms with Gasteiger partial charge in [0, 0.05) is 17.2 Å². The minimum Gasteiger partial charge on any atom is -0.480 e. The lowest BCUT2D eigenvalue weighted by Crippen LogP contribution is -2.31. The average Bonchev–Trinajstić information content (AvgIpc) is 2.25. The highest BCUT2D eigenvalue weighted by atomic mass is 127. The van der Waals surface area contributed by atoms with Gasteiger partial charge in [-0.25, -0.2) is 0 Å². The molecule has 0 radical (unpaired) electrons. The fourth-order valence-corrected chi connectivity index (χ4v) is 2.04. The van der Waals surface area contributed by atoms with Gasteiger partial charge in [0.25, 0.3) is 0 Å². The van der Waals surface area contributed by atoms with Crippen LogP contribution in [-0.4, -0.2) is 31.3 Å². The number of halogens is 1. The van der Waals surface area contributed by atoms with Crippen molar-refractivity contribution in [2.24, 2.45) is 0 Å². The van der Waals surface area contributed by atoms with Gasteiger partial charge in [0.15, 0.2) is 0 Å². The monoisotopic (exact) mass is 335 g/mol. The third-order valence-electron chi connectivity index (χ3n) is 2.12. The van der Waals surface area contributed by atoms with Crippen molar-refractivity contribution in [3.8, 4) is 0 Å². The van der Waals surface area contributed by atoms with Crippen molar-refractivity contribution >= 4 is 28.6 Å². The quantitative estimate of drug-likeness (QED) is 0.613. The third-order valence-corrected chi connectivity index (χ3v) is 3.10. The summed E-state index contributed by atoms with van der Waals surface area (Å²) in [5, 5.41) is 12.1. The van der Waals surface area contributed by atoms with Crippen LogP contribution >= 0.6 is 22.6 Å². The van der Waals surface area contributed by atoms with E-state index in [2.05, 4.69) is 27.9 Å². The van der Waals surface area contributed by atoms with Gasteiger partial charge in [-0.15, -0.1) is 0 Å². The number of carboxylic acids is 1. The molecule has 0 amide bonds. The highest BCUT2D eigenvalue weighted by molar-refractivity contribution is 14.1. The van der Waals surface area contributed by atoms with E-state index in [4.69, 9.17) is 9.84 Å². The maximum Gasteiger partial charge on any atom is 0.325 e. The third kappa shape index (κ3) is 3.73. The molecule has 1 rings (SSSR count). The van der Waals surface area contributed by atoms with Crippen LogP contribution in [0.3, 0.4) is 0 Å². The molecule has 0 bridgehead atoms. The van der Waals surface area contributed by atoms with Crippen LogP contribution in [0.15, 0.2) is 24.3 Å². The van der Waals surface area contributed by atoms with Crippen LogP contribution in [0.1, 0.15) is 11.6 Å². The van der Waals surface area contributed by atoms with Crippen molar-refractivity contribution in [2.45, 2.75) is 6.04 Å². The Kier molecular flexibility index (Phi) is 5.72. The van der Waals surface area contributed by atoms with E-state index in [1.807, 2.05) is 24.3 Å². The standard InChI is InChI=1S/C11H14INO3/c1-16-7-6-13-10(11(14)15)8-4-2-3-5-9(8)12/h2-5,10,13H,6-7H2,1H3,(H,14,15). The number of carboxylic acid groups (broad SMARTS) is 1. The first-order chi connectivity index (χ1) is 7.66. The summed E-state index contributed by atoms with van der Waals surface area (Å²) in [6, 6.07) is 6.76. The van der Waals surface area contributed by atoms with E-state index in [1.54, 1.807) is 7.11 Å². The van der Waals surface area contributed by atoms with E-state index in [1.165, 1.54) is 0 Å². The molecule has 0 saturated carbocycles. The summed E-state index contributed by atoms with van der Waals surface area (Å²) < 4.78 is 5.82. The number of hydrogen-bond donors (Lipinski definition) is 2. The predicted molar refractivity (Wildman–Crippen MR) is 69.4 cm³/mol. The minimum absolute atomic E-state index is 0.493. The normalized spacial score (nSPS) is 12.4. The summed E-state index contributed by atoms with van der Waals surface area (Å²) >= 11 is 2.14. The van der Waals surface area contributed by atoms with Gasteiger partial charge in [0.2, 0.25) is 0 Å². The van der Waals surface area contributed by atoms with Gasteiger partial charge in [-0.2, -0.15) is 0 Å². The van der Waals surface area contributed by atoms with Crippen LogP contribution in [0.4, 0.5) is 0 Å². The van der Waals surface area contributed by atoms with Gasteiger partial charge in [-0.1, -0.05) is 18.2 Å². The lowest BCUT2D eigenvalue weighted by Gasteiger charge is -2.15. The summed E-state index contributed by atoms with van der Waals surface area (Å²) in [7, 11) is 1.59. The van der Waals surface area contributed by atoms with Gasteiger partial charge in [-0.05, 0) is 34.2 Å². The Morgan fingerprint density at radius 1 is 1.56 bits per heavy atom. The number of carbonyl (C=O) groups is 1. The van der Waals surface area contributed by atoms with Gasteiger partial charge >= 0.3 is 5.97 Å². The van der Waals surface area contributed by atoms with Crippen molar-refractivity contribution in [2.75, 3.05) is 20.3 Å². The minimum atomic E-state index is -0.875. The first kappa shape index (κ1) is 13.4. The molecular weight excluding hydrogens is 321 g/mol. The Hall–Kier alpha value is -0.660. The second-order valence-corrected chi connectivity index (χ2v) is 4.40. The summed E-state index contributed by atoms with van der Waals surface area (Å²) in [5.74, 6) is -0.875. The van der Waals surface area contributed by atoms with Crippen molar-refractivity contribution in [1.29, 1.82) is 0 Å². The maximum atomic E-state index is 11.1. The van der Waals surface area contributed by atoms with Crippen molar-refractivity contribution in [1.82, 2.24) is 5.32 Å². The van der Waals surface area contributed by atoms with Crippen LogP contribution in [0.2, 0.25) is 0 Å². The Bertz CT molecular complexity index is 357. The molecule has 1 atom stereocenters. The van der Waals surface area contributed by atoms with E-state index in [-0.39, 0.29) is 0 Å². The largest absolute Gasteiger partial charge is 0.480 e. The molecule has 5 heteroatoms. The summed E-state index contributed by atoms with van der Waals surface area (Å²) in [6.07, 6.45) is 0. The maximum absolute atomic E-state index is 11.1. The van der Waals surface area contributed by atoms with Crippen LogP contribution in [-0.2, 0) is 9.53 Å². The zero-order chi connectivity index (χ0) is 12.0. The number of aliphatic carboxylic acids is 1. The number of methoxy groups -OCH3 is 1. The van der Waals surface area contributed by atoms with Gasteiger partial charge in [-0.3, -0.25) is 10.1 Å². The zero-order valence-electron chi connectivity index (χ0n) is 8.94. The number of benzene rings is 1. The van der Waals surface area contributed by atoms with E-state index in [9.17, 15) is 4.79 Å². The first-order valence-corrected chi connectivity index (χ1v) is 5.94. The molecule has 0 fully saturated rings. The Morgan fingerprint density at radius 2 is 2.25 bits per heavy atom. The molecule has 0 saturated heterocycles. The first-order valence-electron chi connectivity index (χ1n) is 4.86. The van der Waals surface area contributed by atoms with Gasteiger partial charge < -0.3 is 9.84 Å². The van der Waals surface area contributed by atoms with E-state index in [0.717, 1.165) is 9.13 Å². The lowest BCUT2D eigenvalue weighted by molar-refractivity contribution is -0.139. The fraction of sp³-hybridized carbons (Fsp3) is 0.364. The molecule has 88 valence electrons. The summed E-state index contributed by atoms with van der Waals surface area (Å²) in [4.78, 5) is 11.1. The van der Waals surface area contributed by atoms with Gasteiger partial charge in [0.05, 0.1) is 6.61 Å². The topological polar surface area (TPSA) is 58.6 Å². The lowest BCUT2D eigenvalue weighted by atomic mass is 10.1. The van der Waals surface area contributed by atoms with E-state index in [0.29, 0.717) is 13.2 Å². The second-order valence-electron chi connectivity index (χ2n) is 3.24. The molecule has 0 aliphatic carbocycles. The molecule has 16 heavy (non-hydrogen) atoms. The highest BCUT2D eigenvalue weighted by Gasteiger charge is 2.20. The molecular formula is C11H14INO3. The second kappa shape index (κ2) is 6.82. The molecule has 0 aliphatic heterocycles. The average molecular weight is 335 g/mol. The SMILES string of the molecule is COCCNC(C(=O)O)c1ccccc1I. The smallest absolute Gasteiger partial charge is 0.325 e. The molecule has 1 unspecified atom stereocenters. The van der Waals surface area contributed by atoms with E-state index < -0.39 is 12.0 Å². The zero-order valence-corrected chi connectivity index (χ0v) is 11.1. The number of hydrogen-bond acceptors (Lipinski definition) is 3. The number of ether oxygens (including phenoxy) is 1. The number of rotatable bonds is 6. The molecule has 1 aromatic rings. The number of nitrogens with one attached hydrogen (secondary N) is 1. The fourth-order valence-electron chi connectivity index (χ4n) is 1.34. The van der Waals surface area contributed by atoms with Crippen molar-refractivity contribution < 1.29 is 14.6 Å². The van der Waals surface area contributed by atoms with Crippen molar-refractivity contribution in [3.63, 3.8) is 0 Å². The van der Waals surface area contributed by atoms with Crippen LogP contribution in [0.25, 0.3) is 0 Å². The Balaban J connectivity index is 2.78. The Labute approximate surface area is 108 Å². The van der Waals surface area contributed by atoms with E-state index >= 15 is 0 Å². The summed E-state index contributed by atoms with van der Waals surface area (Å²) in [5.41, 5.74) is 0.784. The molecule has 1 aromatic carbocycles.